The van der Waals surface area contributed by atoms with Gasteiger partial charge in [0.05, 0.1) is 7.11 Å². The second-order valence-corrected chi connectivity index (χ2v) is 6.43. The van der Waals surface area contributed by atoms with Gasteiger partial charge in [0.15, 0.2) is 0 Å². The lowest BCUT2D eigenvalue weighted by Gasteiger charge is -2.31. The summed E-state index contributed by atoms with van der Waals surface area (Å²) >= 11 is 0. The maximum Gasteiger partial charge on any atom is 0.326 e. The maximum atomic E-state index is 12.2. The lowest BCUT2D eigenvalue weighted by molar-refractivity contribution is -0.148. The van der Waals surface area contributed by atoms with E-state index >= 15 is 0 Å². The molecule has 0 aromatic rings. The Labute approximate surface area is 123 Å². The van der Waals surface area contributed by atoms with Gasteiger partial charge in [0.1, 0.15) is 5.54 Å². The summed E-state index contributed by atoms with van der Waals surface area (Å²) in [5, 5.41) is 3.47. The van der Waals surface area contributed by atoms with Crippen molar-refractivity contribution >= 4 is 5.97 Å². The maximum absolute atomic E-state index is 12.2. The van der Waals surface area contributed by atoms with Gasteiger partial charge < -0.3 is 15.0 Å². The standard InChI is InChI=1S/C16H30N2O2/c1-4-10-17-16(15(19)20-3)9-8-14(11-16)18(5-2)12-13-6-7-13/h13-14,17H,4-12H2,1-3H3. The summed E-state index contributed by atoms with van der Waals surface area (Å²) in [5.74, 6) is 0.836. The zero-order valence-corrected chi connectivity index (χ0v) is 13.3. The van der Waals surface area contributed by atoms with Crippen molar-refractivity contribution in [1.29, 1.82) is 0 Å². The zero-order valence-electron chi connectivity index (χ0n) is 13.3. The van der Waals surface area contributed by atoms with Crippen molar-refractivity contribution in [2.45, 2.75) is 64.0 Å². The third kappa shape index (κ3) is 3.53. The Morgan fingerprint density at radius 1 is 1.35 bits per heavy atom. The normalized spacial score (nSPS) is 29.9. The summed E-state index contributed by atoms with van der Waals surface area (Å²) in [6, 6.07) is 0.532. The molecular formula is C16H30N2O2. The van der Waals surface area contributed by atoms with Gasteiger partial charge in [-0.15, -0.1) is 0 Å². The molecule has 2 saturated carbocycles. The van der Waals surface area contributed by atoms with Crippen LogP contribution in [0.1, 0.15) is 52.4 Å². The van der Waals surface area contributed by atoms with E-state index < -0.39 is 5.54 Å². The molecule has 0 saturated heterocycles. The molecular weight excluding hydrogens is 252 g/mol. The molecule has 0 bridgehead atoms. The van der Waals surface area contributed by atoms with E-state index in [-0.39, 0.29) is 5.97 Å². The molecule has 2 atom stereocenters. The van der Waals surface area contributed by atoms with Crippen LogP contribution in [0.5, 0.6) is 0 Å². The summed E-state index contributed by atoms with van der Waals surface area (Å²) in [7, 11) is 1.51. The number of ether oxygens (including phenoxy) is 1. The smallest absolute Gasteiger partial charge is 0.326 e. The second kappa shape index (κ2) is 6.90. The second-order valence-electron chi connectivity index (χ2n) is 6.43. The fourth-order valence-corrected chi connectivity index (χ4v) is 3.48. The van der Waals surface area contributed by atoms with Crippen LogP contribution in [-0.2, 0) is 9.53 Å². The number of esters is 1. The first-order valence-electron chi connectivity index (χ1n) is 8.22. The van der Waals surface area contributed by atoms with Crippen LogP contribution in [0.15, 0.2) is 0 Å². The van der Waals surface area contributed by atoms with Gasteiger partial charge in [-0.2, -0.15) is 0 Å². The van der Waals surface area contributed by atoms with Gasteiger partial charge in [-0.05, 0) is 57.5 Å². The molecule has 0 spiro atoms. The average Bonchev–Trinajstić information content (AvgIpc) is 3.19. The van der Waals surface area contributed by atoms with E-state index in [0.29, 0.717) is 6.04 Å². The Bertz CT molecular complexity index is 330. The molecule has 2 aliphatic carbocycles. The largest absolute Gasteiger partial charge is 0.468 e. The summed E-state index contributed by atoms with van der Waals surface area (Å²) in [4.78, 5) is 14.8. The van der Waals surface area contributed by atoms with Gasteiger partial charge in [-0.25, -0.2) is 0 Å². The highest BCUT2D eigenvalue weighted by atomic mass is 16.5. The fourth-order valence-electron chi connectivity index (χ4n) is 3.48. The van der Waals surface area contributed by atoms with Crippen molar-refractivity contribution in [2.24, 2.45) is 5.92 Å². The first-order chi connectivity index (χ1) is 9.65. The van der Waals surface area contributed by atoms with Crippen LogP contribution in [0.4, 0.5) is 0 Å². The number of nitrogens with zero attached hydrogens (tertiary/aromatic N) is 1. The van der Waals surface area contributed by atoms with E-state index in [1.54, 1.807) is 0 Å². The van der Waals surface area contributed by atoms with E-state index in [1.165, 1.54) is 26.5 Å². The number of hydrogen-bond acceptors (Lipinski definition) is 4. The molecule has 116 valence electrons. The van der Waals surface area contributed by atoms with Crippen LogP contribution < -0.4 is 5.32 Å². The Balaban J connectivity index is 1.99. The van der Waals surface area contributed by atoms with E-state index in [4.69, 9.17) is 4.74 Å². The highest BCUT2D eigenvalue weighted by Crippen LogP contribution is 2.37. The molecule has 2 rings (SSSR count). The third-order valence-electron chi connectivity index (χ3n) is 4.89. The summed E-state index contributed by atoms with van der Waals surface area (Å²) in [6.45, 7) is 7.56. The fraction of sp³-hybridized carbons (Fsp3) is 0.938. The topological polar surface area (TPSA) is 41.6 Å². The molecule has 20 heavy (non-hydrogen) atoms. The molecule has 0 amide bonds. The molecule has 0 radical (unpaired) electrons. The van der Waals surface area contributed by atoms with Crippen LogP contribution in [0.25, 0.3) is 0 Å². The Morgan fingerprint density at radius 2 is 2.10 bits per heavy atom. The molecule has 1 N–H and O–H groups in total. The van der Waals surface area contributed by atoms with Crippen LogP contribution in [0.3, 0.4) is 0 Å². The van der Waals surface area contributed by atoms with Gasteiger partial charge in [0.2, 0.25) is 0 Å². The summed E-state index contributed by atoms with van der Waals surface area (Å²) in [6.07, 6.45) is 6.74. The van der Waals surface area contributed by atoms with Gasteiger partial charge >= 0.3 is 5.97 Å². The highest BCUT2D eigenvalue weighted by molar-refractivity contribution is 5.81. The number of carbonyl (C=O) groups excluding carboxylic acids is 1. The van der Waals surface area contributed by atoms with Crippen LogP contribution >= 0.6 is 0 Å². The number of hydrogen-bond donors (Lipinski definition) is 1. The van der Waals surface area contributed by atoms with Crippen molar-refractivity contribution in [3.8, 4) is 0 Å². The molecule has 0 aliphatic heterocycles. The minimum Gasteiger partial charge on any atom is -0.468 e. The van der Waals surface area contributed by atoms with E-state index in [9.17, 15) is 4.79 Å². The van der Waals surface area contributed by atoms with Gasteiger partial charge in [0, 0.05) is 12.6 Å². The first kappa shape index (κ1) is 15.8. The Morgan fingerprint density at radius 3 is 2.65 bits per heavy atom. The lowest BCUT2D eigenvalue weighted by Crippen LogP contribution is -2.52. The predicted octanol–water partition coefficient (Wildman–Crippen LogP) is 2.18. The summed E-state index contributed by atoms with van der Waals surface area (Å²) in [5.41, 5.74) is -0.438. The highest BCUT2D eigenvalue weighted by Gasteiger charge is 2.47. The third-order valence-corrected chi connectivity index (χ3v) is 4.89. The molecule has 2 fully saturated rings. The van der Waals surface area contributed by atoms with Crippen molar-refractivity contribution in [1.82, 2.24) is 10.2 Å². The predicted molar refractivity (Wildman–Crippen MR) is 80.7 cm³/mol. The van der Waals surface area contributed by atoms with Gasteiger partial charge in [-0.3, -0.25) is 4.79 Å². The lowest BCUT2D eigenvalue weighted by atomic mass is 9.96. The van der Waals surface area contributed by atoms with E-state index in [0.717, 1.165) is 44.7 Å². The molecule has 2 aliphatic rings. The molecule has 4 nitrogen and oxygen atoms in total. The SMILES string of the molecule is CCCNC1(C(=O)OC)CCC(N(CC)CC2CC2)C1. The summed E-state index contributed by atoms with van der Waals surface area (Å²) < 4.78 is 5.07. The van der Waals surface area contributed by atoms with Gasteiger partial charge in [0.25, 0.3) is 0 Å². The number of carbonyl (C=O) groups is 1. The zero-order chi connectivity index (χ0) is 14.6. The quantitative estimate of drug-likeness (QED) is 0.693. The number of rotatable bonds is 8. The van der Waals surface area contributed by atoms with Crippen molar-refractivity contribution in [3.63, 3.8) is 0 Å². The molecule has 0 heterocycles. The average molecular weight is 282 g/mol. The van der Waals surface area contributed by atoms with Crippen molar-refractivity contribution < 1.29 is 9.53 Å². The van der Waals surface area contributed by atoms with Crippen molar-refractivity contribution in [2.75, 3.05) is 26.7 Å². The van der Waals surface area contributed by atoms with E-state index in [1.807, 2.05) is 0 Å². The Kier molecular flexibility index (Phi) is 5.44. The molecule has 4 heteroatoms. The van der Waals surface area contributed by atoms with Crippen molar-refractivity contribution in [3.05, 3.63) is 0 Å². The Hall–Kier alpha value is -0.610. The first-order valence-corrected chi connectivity index (χ1v) is 8.22. The minimum absolute atomic E-state index is 0.0732. The monoisotopic (exact) mass is 282 g/mol. The van der Waals surface area contributed by atoms with Gasteiger partial charge in [-0.1, -0.05) is 13.8 Å². The van der Waals surface area contributed by atoms with Crippen LogP contribution in [0, 0.1) is 5.92 Å². The molecule has 2 unspecified atom stereocenters. The number of methoxy groups -OCH3 is 1. The van der Waals surface area contributed by atoms with Crippen LogP contribution in [0.2, 0.25) is 0 Å². The minimum atomic E-state index is -0.438. The molecule has 0 aromatic heterocycles. The van der Waals surface area contributed by atoms with E-state index in [2.05, 4.69) is 24.1 Å². The van der Waals surface area contributed by atoms with Crippen LogP contribution in [-0.4, -0.2) is 49.2 Å². The number of nitrogens with one attached hydrogen (secondary N) is 1. The molecule has 0 aromatic carbocycles.